The molecular formula is C20H23N3O2. The van der Waals surface area contributed by atoms with Gasteiger partial charge in [-0.2, -0.15) is 0 Å². The van der Waals surface area contributed by atoms with Crippen LogP contribution in [0.25, 0.3) is 11.3 Å². The Labute approximate surface area is 147 Å². The lowest BCUT2D eigenvalue weighted by atomic mass is 9.90. The highest BCUT2D eigenvalue weighted by atomic mass is 16.4. The molecule has 4 rings (SSSR count). The SMILES string of the molecule is O=C(O)C1CCN(c2ccc(-c3ccc4c(c3)CCCC4)nn2)CC1. The number of piperidine rings is 1. The maximum atomic E-state index is 11.1. The summed E-state index contributed by atoms with van der Waals surface area (Å²) in [7, 11) is 0. The van der Waals surface area contributed by atoms with Gasteiger partial charge in [0.25, 0.3) is 0 Å². The van der Waals surface area contributed by atoms with E-state index in [2.05, 4.69) is 33.3 Å². The minimum absolute atomic E-state index is 0.223. The summed E-state index contributed by atoms with van der Waals surface area (Å²) in [5, 5.41) is 17.9. The molecule has 130 valence electrons. The summed E-state index contributed by atoms with van der Waals surface area (Å²) in [6.45, 7) is 1.45. The van der Waals surface area contributed by atoms with Gasteiger partial charge in [0.2, 0.25) is 0 Å². The fraction of sp³-hybridized carbons (Fsp3) is 0.450. The molecule has 1 aromatic carbocycles. The smallest absolute Gasteiger partial charge is 0.306 e. The van der Waals surface area contributed by atoms with Gasteiger partial charge in [0.1, 0.15) is 0 Å². The summed E-state index contributed by atoms with van der Waals surface area (Å²) < 4.78 is 0. The molecule has 0 spiro atoms. The number of anilines is 1. The van der Waals surface area contributed by atoms with Crippen LogP contribution in [-0.2, 0) is 17.6 Å². The quantitative estimate of drug-likeness (QED) is 0.930. The number of carboxylic acids is 1. The van der Waals surface area contributed by atoms with E-state index in [0.29, 0.717) is 12.8 Å². The third-order valence-corrected chi connectivity index (χ3v) is 5.46. The van der Waals surface area contributed by atoms with Gasteiger partial charge >= 0.3 is 5.97 Å². The fourth-order valence-corrected chi connectivity index (χ4v) is 3.90. The van der Waals surface area contributed by atoms with Gasteiger partial charge in [0.05, 0.1) is 11.6 Å². The minimum atomic E-state index is -0.687. The van der Waals surface area contributed by atoms with E-state index in [0.717, 1.165) is 36.6 Å². The average molecular weight is 337 g/mol. The highest BCUT2D eigenvalue weighted by molar-refractivity contribution is 5.70. The van der Waals surface area contributed by atoms with Gasteiger partial charge in [0, 0.05) is 18.7 Å². The molecule has 2 aliphatic rings. The number of aliphatic carboxylic acids is 1. The summed E-state index contributed by atoms with van der Waals surface area (Å²) in [6, 6.07) is 10.7. The first kappa shape index (κ1) is 16.1. The third-order valence-electron chi connectivity index (χ3n) is 5.46. The van der Waals surface area contributed by atoms with Gasteiger partial charge < -0.3 is 10.0 Å². The van der Waals surface area contributed by atoms with Crippen LogP contribution in [0, 0.1) is 5.92 Å². The molecule has 2 aromatic rings. The Hall–Kier alpha value is -2.43. The van der Waals surface area contributed by atoms with Crippen molar-refractivity contribution in [3.05, 3.63) is 41.5 Å². The monoisotopic (exact) mass is 337 g/mol. The molecule has 1 N–H and O–H groups in total. The lowest BCUT2D eigenvalue weighted by Crippen LogP contribution is -2.36. The standard InChI is InChI=1S/C20H23N3O2/c24-20(25)15-9-11-23(12-10-15)19-8-7-18(21-22-19)17-6-5-14-3-1-2-4-16(14)13-17/h5-8,13,15H,1-4,9-12H2,(H,24,25). The molecule has 0 unspecified atom stereocenters. The highest BCUT2D eigenvalue weighted by Crippen LogP contribution is 2.27. The molecule has 0 amide bonds. The summed E-state index contributed by atoms with van der Waals surface area (Å²) in [6.07, 6.45) is 6.25. The Morgan fingerprint density at radius 3 is 2.44 bits per heavy atom. The number of aryl methyl sites for hydroxylation is 2. The van der Waals surface area contributed by atoms with Crippen molar-refractivity contribution in [3.63, 3.8) is 0 Å². The van der Waals surface area contributed by atoms with Crippen LogP contribution in [0.15, 0.2) is 30.3 Å². The number of carboxylic acid groups (broad SMARTS) is 1. The highest BCUT2D eigenvalue weighted by Gasteiger charge is 2.25. The van der Waals surface area contributed by atoms with Crippen LogP contribution in [0.3, 0.4) is 0 Å². The van der Waals surface area contributed by atoms with Crippen molar-refractivity contribution in [3.8, 4) is 11.3 Å². The van der Waals surface area contributed by atoms with Crippen LogP contribution in [0.4, 0.5) is 5.82 Å². The zero-order chi connectivity index (χ0) is 17.2. The van der Waals surface area contributed by atoms with Gasteiger partial charge in [-0.05, 0) is 67.9 Å². The van der Waals surface area contributed by atoms with E-state index in [1.807, 2.05) is 12.1 Å². The molecule has 1 saturated heterocycles. The van der Waals surface area contributed by atoms with Crippen molar-refractivity contribution in [2.75, 3.05) is 18.0 Å². The lowest BCUT2D eigenvalue weighted by Gasteiger charge is -2.30. The van der Waals surface area contributed by atoms with Gasteiger partial charge in [-0.15, -0.1) is 10.2 Å². The van der Waals surface area contributed by atoms with Crippen LogP contribution < -0.4 is 4.90 Å². The molecule has 1 aromatic heterocycles. The zero-order valence-electron chi connectivity index (χ0n) is 14.3. The first-order valence-electron chi connectivity index (χ1n) is 9.14. The van der Waals surface area contributed by atoms with E-state index in [4.69, 9.17) is 5.11 Å². The van der Waals surface area contributed by atoms with Crippen molar-refractivity contribution >= 4 is 11.8 Å². The number of hydrogen-bond acceptors (Lipinski definition) is 4. The third kappa shape index (κ3) is 3.36. The second-order valence-corrected chi connectivity index (χ2v) is 7.07. The molecular weight excluding hydrogens is 314 g/mol. The van der Waals surface area contributed by atoms with Crippen LogP contribution in [0.1, 0.15) is 36.8 Å². The Balaban J connectivity index is 1.48. The van der Waals surface area contributed by atoms with E-state index in [1.165, 1.54) is 30.4 Å². The summed E-state index contributed by atoms with van der Waals surface area (Å²) in [4.78, 5) is 13.2. The van der Waals surface area contributed by atoms with Gasteiger partial charge in [-0.25, -0.2) is 0 Å². The summed E-state index contributed by atoms with van der Waals surface area (Å²) >= 11 is 0. The van der Waals surface area contributed by atoms with Crippen molar-refractivity contribution in [2.45, 2.75) is 38.5 Å². The number of hydrogen-bond donors (Lipinski definition) is 1. The normalized spacial score (nSPS) is 18.0. The minimum Gasteiger partial charge on any atom is -0.481 e. The molecule has 5 heteroatoms. The zero-order valence-corrected chi connectivity index (χ0v) is 14.3. The van der Waals surface area contributed by atoms with Crippen molar-refractivity contribution in [2.24, 2.45) is 5.92 Å². The summed E-state index contributed by atoms with van der Waals surface area (Å²) in [5.41, 5.74) is 4.95. The van der Waals surface area contributed by atoms with Gasteiger partial charge in [0.15, 0.2) is 5.82 Å². The van der Waals surface area contributed by atoms with Crippen molar-refractivity contribution in [1.82, 2.24) is 10.2 Å². The maximum Gasteiger partial charge on any atom is 0.306 e. The predicted molar refractivity (Wildman–Crippen MR) is 96.7 cm³/mol. The number of carbonyl (C=O) groups is 1. The first-order chi connectivity index (χ1) is 12.2. The topological polar surface area (TPSA) is 66.3 Å². The van der Waals surface area contributed by atoms with E-state index in [-0.39, 0.29) is 5.92 Å². The van der Waals surface area contributed by atoms with Crippen molar-refractivity contribution < 1.29 is 9.90 Å². The lowest BCUT2D eigenvalue weighted by molar-refractivity contribution is -0.142. The number of benzene rings is 1. The first-order valence-corrected chi connectivity index (χ1v) is 9.14. The number of fused-ring (bicyclic) bond motifs is 1. The van der Waals surface area contributed by atoms with Crippen molar-refractivity contribution in [1.29, 1.82) is 0 Å². The maximum absolute atomic E-state index is 11.1. The molecule has 1 aliphatic heterocycles. The van der Waals surface area contributed by atoms with Crippen LogP contribution >= 0.6 is 0 Å². The Morgan fingerprint density at radius 1 is 1.00 bits per heavy atom. The molecule has 0 saturated carbocycles. The number of aromatic nitrogens is 2. The average Bonchev–Trinajstić information content (AvgIpc) is 2.68. The molecule has 2 heterocycles. The number of rotatable bonds is 3. The fourth-order valence-electron chi connectivity index (χ4n) is 3.90. The molecule has 0 radical (unpaired) electrons. The van der Waals surface area contributed by atoms with Crippen LogP contribution in [-0.4, -0.2) is 34.4 Å². The Bertz CT molecular complexity index is 765. The molecule has 1 aliphatic carbocycles. The van der Waals surface area contributed by atoms with Gasteiger partial charge in [-0.3, -0.25) is 4.79 Å². The Morgan fingerprint density at radius 2 is 1.76 bits per heavy atom. The molecule has 0 bridgehead atoms. The summed E-state index contributed by atoms with van der Waals surface area (Å²) in [5.74, 6) is -0.0713. The van der Waals surface area contributed by atoms with E-state index in [1.54, 1.807) is 0 Å². The molecule has 5 nitrogen and oxygen atoms in total. The van der Waals surface area contributed by atoms with Gasteiger partial charge in [-0.1, -0.05) is 12.1 Å². The Kier molecular flexibility index (Phi) is 4.38. The van der Waals surface area contributed by atoms with Crippen LogP contribution in [0.2, 0.25) is 0 Å². The second-order valence-electron chi connectivity index (χ2n) is 7.07. The van der Waals surface area contributed by atoms with E-state index < -0.39 is 5.97 Å². The van der Waals surface area contributed by atoms with E-state index in [9.17, 15) is 4.79 Å². The second kappa shape index (κ2) is 6.82. The predicted octanol–water partition coefficient (Wildman–Crippen LogP) is 3.32. The largest absolute Gasteiger partial charge is 0.481 e. The molecule has 1 fully saturated rings. The molecule has 25 heavy (non-hydrogen) atoms. The van der Waals surface area contributed by atoms with Crippen LogP contribution in [0.5, 0.6) is 0 Å². The number of nitrogens with zero attached hydrogens (tertiary/aromatic N) is 3. The van der Waals surface area contributed by atoms with E-state index >= 15 is 0 Å². The molecule has 0 atom stereocenters.